The minimum Gasteiger partial charge on any atom is -0.301 e. The van der Waals surface area contributed by atoms with Crippen molar-refractivity contribution in [1.29, 1.82) is 0 Å². The maximum absolute atomic E-state index is 12.8. The predicted molar refractivity (Wildman–Crippen MR) is 82.8 cm³/mol. The number of aromatic amines is 1. The van der Waals surface area contributed by atoms with Crippen LogP contribution in [0, 0.1) is 13.8 Å². The number of hydrogen-bond donors (Lipinski definition) is 1. The van der Waals surface area contributed by atoms with Crippen LogP contribution in [0.5, 0.6) is 0 Å². The first kappa shape index (κ1) is 16.5. The molecule has 1 fully saturated rings. The van der Waals surface area contributed by atoms with Gasteiger partial charge in [0, 0.05) is 19.1 Å². The first-order chi connectivity index (χ1) is 9.91. The number of H-pyrrole nitrogens is 1. The summed E-state index contributed by atoms with van der Waals surface area (Å²) >= 11 is 0. The first-order valence-electron chi connectivity index (χ1n) is 7.67. The first-order valence-corrected chi connectivity index (χ1v) is 9.11. The van der Waals surface area contributed by atoms with Crippen LogP contribution in [0.2, 0.25) is 0 Å². The third-order valence-corrected chi connectivity index (χ3v) is 6.57. The van der Waals surface area contributed by atoms with E-state index >= 15 is 0 Å². The number of hydrogen-bond acceptors (Lipinski definition) is 4. The highest BCUT2D eigenvalue weighted by molar-refractivity contribution is 7.89. The fourth-order valence-electron chi connectivity index (χ4n) is 3.24. The Bertz CT molecular complexity index is 550. The Morgan fingerprint density at radius 2 is 1.81 bits per heavy atom. The molecule has 0 spiro atoms. The predicted octanol–water partition coefficient (Wildman–Crippen LogP) is 1.52. The third-order valence-electron chi connectivity index (χ3n) is 4.41. The van der Waals surface area contributed by atoms with Gasteiger partial charge in [0.05, 0.1) is 11.4 Å². The number of nitrogens with one attached hydrogen (secondary N) is 1. The van der Waals surface area contributed by atoms with E-state index in [2.05, 4.69) is 28.9 Å². The molecular formula is C14H26N4O2S. The topological polar surface area (TPSA) is 69.3 Å². The zero-order valence-electron chi connectivity index (χ0n) is 13.4. The largest absolute Gasteiger partial charge is 0.301 e. The summed E-state index contributed by atoms with van der Waals surface area (Å²) in [6, 6.07) is 0.498. The molecule has 120 valence electrons. The maximum Gasteiger partial charge on any atom is 0.246 e. The van der Waals surface area contributed by atoms with Gasteiger partial charge >= 0.3 is 0 Å². The molecule has 1 aliphatic rings. The van der Waals surface area contributed by atoms with Crippen molar-refractivity contribution in [2.24, 2.45) is 0 Å². The number of rotatable bonds is 5. The molecule has 21 heavy (non-hydrogen) atoms. The molecule has 6 nitrogen and oxygen atoms in total. The molecule has 1 aromatic rings. The van der Waals surface area contributed by atoms with E-state index in [9.17, 15) is 8.42 Å². The van der Waals surface area contributed by atoms with Gasteiger partial charge in [0.25, 0.3) is 0 Å². The lowest BCUT2D eigenvalue weighted by Crippen LogP contribution is -2.46. The molecule has 0 aliphatic carbocycles. The molecule has 1 saturated heterocycles. The number of aromatic nitrogens is 2. The Morgan fingerprint density at radius 1 is 1.24 bits per heavy atom. The van der Waals surface area contributed by atoms with Gasteiger partial charge in [-0.15, -0.1) is 0 Å². The van der Waals surface area contributed by atoms with Crippen LogP contribution in [0.15, 0.2) is 4.90 Å². The Hall–Kier alpha value is -0.920. The quantitative estimate of drug-likeness (QED) is 0.894. The van der Waals surface area contributed by atoms with E-state index in [0.29, 0.717) is 35.4 Å². The summed E-state index contributed by atoms with van der Waals surface area (Å²) in [4.78, 5) is 2.77. The highest BCUT2D eigenvalue weighted by Crippen LogP contribution is 2.26. The second-order valence-corrected chi connectivity index (χ2v) is 7.49. The van der Waals surface area contributed by atoms with E-state index in [1.165, 1.54) is 0 Å². The third kappa shape index (κ3) is 3.14. The second kappa shape index (κ2) is 6.46. The van der Waals surface area contributed by atoms with E-state index in [1.54, 1.807) is 18.2 Å². The van der Waals surface area contributed by atoms with E-state index in [4.69, 9.17) is 0 Å². The van der Waals surface area contributed by atoms with Gasteiger partial charge in [-0.2, -0.15) is 9.40 Å². The zero-order valence-corrected chi connectivity index (χ0v) is 14.2. The highest BCUT2D eigenvalue weighted by Gasteiger charge is 2.33. The number of aryl methyl sites for hydroxylation is 2. The molecule has 0 unspecified atom stereocenters. The summed E-state index contributed by atoms with van der Waals surface area (Å²) in [6.45, 7) is 11.0. The maximum atomic E-state index is 12.8. The summed E-state index contributed by atoms with van der Waals surface area (Å²) in [5, 5.41) is 6.77. The lowest BCUT2D eigenvalue weighted by atomic mass is 10.1. The Labute approximate surface area is 127 Å². The molecule has 1 N–H and O–H groups in total. The van der Waals surface area contributed by atoms with Crippen LogP contribution >= 0.6 is 0 Å². The van der Waals surface area contributed by atoms with Gasteiger partial charge in [0.1, 0.15) is 4.90 Å². The molecule has 2 rings (SSSR count). The summed E-state index contributed by atoms with van der Waals surface area (Å²) in [6.07, 6.45) is 1.80. The summed E-state index contributed by atoms with van der Waals surface area (Å²) in [5.74, 6) is 0. The Balaban J connectivity index is 2.12. The molecule has 1 aromatic heterocycles. The van der Waals surface area contributed by atoms with Crippen LogP contribution < -0.4 is 0 Å². The van der Waals surface area contributed by atoms with Crippen molar-refractivity contribution in [2.75, 3.05) is 26.2 Å². The van der Waals surface area contributed by atoms with Crippen molar-refractivity contribution in [1.82, 2.24) is 19.4 Å². The minimum absolute atomic E-state index is 0.351. The summed E-state index contributed by atoms with van der Waals surface area (Å²) < 4.78 is 27.1. The fourth-order valence-corrected chi connectivity index (χ4v) is 5.04. The van der Waals surface area contributed by atoms with Gasteiger partial charge in [-0.25, -0.2) is 8.42 Å². The van der Waals surface area contributed by atoms with Crippen molar-refractivity contribution in [3.8, 4) is 0 Å². The number of nitrogens with zero attached hydrogens (tertiary/aromatic N) is 3. The summed E-state index contributed by atoms with van der Waals surface area (Å²) in [5.41, 5.74) is 1.18. The monoisotopic (exact) mass is 314 g/mol. The molecule has 2 heterocycles. The van der Waals surface area contributed by atoms with E-state index < -0.39 is 10.0 Å². The lowest BCUT2D eigenvalue weighted by molar-refractivity contribution is 0.152. The van der Waals surface area contributed by atoms with Crippen LogP contribution in [0.25, 0.3) is 0 Å². The average Bonchev–Trinajstić information content (AvgIpc) is 2.80. The minimum atomic E-state index is -3.42. The van der Waals surface area contributed by atoms with Gasteiger partial charge in [-0.05, 0) is 39.8 Å². The fraction of sp³-hybridized carbons (Fsp3) is 0.786. The zero-order chi connectivity index (χ0) is 15.6. The van der Waals surface area contributed by atoms with Crippen molar-refractivity contribution >= 4 is 10.0 Å². The number of piperidine rings is 1. The number of sulfonamides is 1. The van der Waals surface area contributed by atoms with Crippen molar-refractivity contribution in [3.05, 3.63) is 11.4 Å². The van der Waals surface area contributed by atoms with Crippen LogP contribution in [0.4, 0.5) is 0 Å². The van der Waals surface area contributed by atoms with Crippen LogP contribution in [0.3, 0.4) is 0 Å². The Kier molecular flexibility index (Phi) is 5.06. The molecule has 0 atom stereocenters. The molecule has 0 radical (unpaired) electrons. The van der Waals surface area contributed by atoms with Crippen LogP contribution in [-0.2, 0) is 10.0 Å². The van der Waals surface area contributed by atoms with E-state index in [-0.39, 0.29) is 0 Å². The van der Waals surface area contributed by atoms with Crippen LogP contribution in [0.1, 0.15) is 38.1 Å². The molecule has 7 heteroatoms. The second-order valence-electron chi connectivity index (χ2n) is 5.62. The van der Waals surface area contributed by atoms with Gasteiger partial charge in [-0.1, -0.05) is 13.8 Å². The van der Waals surface area contributed by atoms with Crippen molar-refractivity contribution < 1.29 is 8.42 Å². The Morgan fingerprint density at radius 3 is 2.24 bits per heavy atom. The van der Waals surface area contributed by atoms with Gasteiger partial charge < -0.3 is 4.90 Å². The normalized spacial score (nSPS) is 18.5. The molecule has 0 bridgehead atoms. The van der Waals surface area contributed by atoms with Gasteiger partial charge in [-0.3, -0.25) is 5.10 Å². The van der Waals surface area contributed by atoms with Gasteiger partial charge in [0.2, 0.25) is 10.0 Å². The van der Waals surface area contributed by atoms with E-state index in [0.717, 1.165) is 25.9 Å². The van der Waals surface area contributed by atoms with Gasteiger partial charge in [0.15, 0.2) is 0 Å². The van der Waals surface area contributed by atoms with E-state index in [1.807, 2.05) is 0 Å². The lowest BCUT2D eigenvalue weighted by Gasteiger charge is -2.37. The molecule has 1 aliphatic heterocycles. The van der Waals surface area contributed by atoms with Crippen LogP contribution in [-0.4, -0.2) is 60.0 Å². The molecular weight excluding hydrogens is 288 g/mol. The highest BCUT2D eigenvalue weighted by atomic mass is 32.2. The smallest absolute Gasteiger partial charge is 0.246 e. The van der Waals surface area contributed by atoms with Crippen molar-refractivity contribution in [3.63, 3.8) is 0 Å². The standard InChI is InChI=1S/C14H26N4O2S/c1-5-17(6-2)13-7-9-18(10-8-13)21(19,20)14-11(3)15-16-12(14)4/h13H,5-10H2,1-4H3,(H,15,16). The molecule has 0 saturated carbocycles. The SMILES string of the molecule is CCN(CC)C1CCN(S(=O)(=O)c2c(C)n[nH]c2C)CC1. The average molecular weight is 314 g/mol. The molecule has 0 amide bonds. The molecule has 0 aromatic carbocycles. The summed E-state index contributed by atoms with van der Waals surface area (Å²) in [7, 11) is -3.42. The van der Waals surface area contributed by atoms with Crippen molar-refractivity contribution in [2.45, 2.75) is 51.5 Å².